The summed E-state index contributed by atoms with van der Waals surface area (Å²) in [5.74, 6) is -0.893. The number of esters is 1. The smallest absolute Gasteiger partial charge is 0.339 e. The van der Waals surface area contributed by atoms with Gasteiger partial charge >= 0.3 is 12.0 Å². The lowest BCUT2D eigenvalue weighted by Gasteiger charge is -2.21. The zero-order valence-electron chi connectivity index (χ0n) is 17.0. The van der Waals surface area contributed by atoms with Crippen molar-refractivity contribution < 1.29 is 23.9 Å². The molecule has 7 nitrogen and oxygen atoms in total. The van der Waals surface area contributed by atoms with E-state index in [0.29, 0.717) is 12.4 Å². The molecule has 2 aromatic rings. The van der Waals surface area contributed by atoms with E-state index in [1.54, 1.807) is 45.0 Å². The largest absolute Gasteiger partial charge is 0.489 e. The van der Waals surface area contributed by atoms with Crippen molar-refractivity contribution >= 4 is 17.9 Å². The molecule has 2 aromatic carbocycles. The summed E-state index contributed by atoms with van der Waals surface area (Å²) in [6, 6.07) is 15.5. The van der Waals surface area contributed by atoms with Gasteiger partial charge in [-0.2, -0.15) is 0 Å². The maximum Gasteiger partial charge on any atom is 0.339 e. The van der Waals surface area contributed by atoms with Gasteiger partial charge in [-0.15, -0.1) is 0 Å². The van der Waals surface area contributed by atoms with Crippen molar-refractivity contribution in [2.45, 2.75) is 45.9 Å². The Morgan fingerprint density at radius 1 is 1.00 bits per heavy atom. The van der Waals surface area contributed by atoms with Crippen LogP contribution in [0.5, 0.6) is 5.75 Å². The third kappa shape index (κ3) is 7.65. The highest BCUT2D eigenvalue weighted by Crippen LogP contribution is 2.16. The molecule has 29 heavy (non-hydrogen) atoms. The van der Waals surface area contributed by atoms with Gasteiger partial charge in [-0.3, -0.25) is 10.1 Å². The third-order valence-corrected chi connectivity index (χ3v) is 3.70. The van der Waals surface area contributed by atoms with Gasteiger partial charge in [0.2, 0.25) is 0 Å². The molecule has 0 unspecified atom stereocenters. The summed E-state index contributed by atoms with van der Waals surface area (Å²) >= 11 is 0. The molecule has 0 bridgehead atoms. The first-order chi connectivity index (χ1) is 13.6. The SMILES string of the molecule is C[C@@H](OC(=O)c1cccc(OCc2ccccc2)c1)C(=O)NC(=O)NC(C)(C)C. The summed E-state index contributed by atoms with van der Waals surface area (Å²) in [6.07, 6.45) is -1.14. The van der Waals surface area contributed by atoms with Crippen LogP contribution in [0.2, 0.25) is 0 Å². The molecular formula is C22H26N2O5. The lowest BCUT2D eigenvalue weighted by molar-refractivity contribution is -0.127. The van der Waals surface area contributed by atoms with Crippen molar-refractivity contribution in [2.24, 2.45) is 0 Å². The number of ether oxygens (including phenoxy) is 2. The lowest BCUT2D eigenvalue weighted by Crippen LogP contribution is -2.50. The number of nitrogens with one attached hydrogen (secondary N) is 2. The van der Waals surface area contributed by atoms with Crippen molar-refractivity contribution in [1.82, 2.24) is 10.6 Å². The molecule has 0 aliphatic carbocycles. The van der Waals surface area contributed by atoms with Gasteiger partial charge in [0.1, 0.15) is 12.4 Å². The van der Waals surface area contributed by atoms with Crippen LogP contribution in [0.3, 0.4) is 0 Å². The van der Waals surface area contributed by atoms with Crippen molar-refractivity contribution in [2.75, 3.05) is 0 Å². The van der Waals surface area contributed by atoms with E-state index in [1.807, 2.05) is 30.3 Å². The van der Waals surface area contributed by atoms with Crippen LogP contribution in [-0.2, 0) is 16.1 Å². The fourth-order valence-corrected chi connectivity index (χ4v) is 2.32. The highest BCUT2D eigenvalue weighted by molar-refractivity contribution is 5.98. The van der Waals surface area contributed by atoms with Gasteiger partial charge in [0.25, 0.3) is 5.91 Å². The molecule has 154 valence electrons. The molecule has 2 rings (SSSR count). The van der Waals surface area contributed by atoms with E-state index < -0.39 is 29.6 Å². The van der Waals surface area contributed by atoms with E-state index in [-0.39, 0.29) is 5.56 Å². The molecule has 0 radical (unpaired) electrons. The molecule has 0 heterocycles. The van der Waals surface area contributed by atoms with Crippen molar-refractivity contribution in [1.29, 1.82) is 0 Å². The predicted octanol–water partition coefficient (Wildman–Crippen LogP) is 3.44. The summed E-state index contributed by atoms with van der Waals surface area (Å²) in [5.41, 5.74) is 0.749. The topological polar surface area (TPSA) is 93.7 Å². The molecular weight excluding hydrogens is 372 g/mol. The normalized spacial score (nSPS) is 11.9. The molecule has 0 spiro atoms. The van der Waals surface area contributed by atoms with E-state index >= 15 is 0 Å². The highest BCUT2D eigenvalue weighted by Gasteiger charge is 2.22. The van der Waals surface area contributed by atoms with Crippen LogP contribution in [0.15, 0.2) is 54.6 Å². The zero-order valence-corrected chi connectivity index (χ0v) is 17.0. The fourth-order valence-electron chi connectivity index (χ4n) is 2.32. The van der Waals surface area contributed by atoms with E-state index in [4.69, 9.17) is 9.47 Å². The van der Waals surface area contributed by atoms with Crippen LogP contribution in [0, 0.1) is 0 Å². The Balaban J connectivity index is 1.91. The average molecular weight is 398 g/mol. The number of urea groups is 1. The van der Waals surface area contributed by atoms with E-state index in [2.05, 4.69) is 10.6 Å². The number of hydrogen-bond acceptors (Lipinski definition) is 5. The predicted molar refractivity (Wildman–Crippen MR) is 109 cm³/mol. The van der Waals surface area contributed by atoms with Gasteiger partial charge in [0.15, 0.2) is 6.10 Å². The fraction of sp³-hybridized carbons (Fsp3) is 0.318. The Kier molecular flexibility index (Phi) is 7.36. The second-order valence-corrected chi connectivity index (χ2v) is 7.54. The minimum absolute atomic E-state index is 0.245. The number of benzene rings is 2. The summed E-state index contributed by atoms with van der Waals surface area (Å²) in [5, 5.41) is 4.75. The maximum atomic E-state index is 12.3. The molecule has 0 aliphatic heterocycles. The van der Waals surface area contributed by atoms with Crippen LogP contribution in [0.1, 0.15) is 43.6 Å². The van der Waals surface area contributed by atoms with Gasteiger partial charge in [0.05, 0.1) is 5.56 Å². The van der Waals surface area contributed by atoms with Crippen LogP contribution in [0.25, 0.3) is 0 Å². The second-order valence-electron chi connectivity index (χ2n) is 7.54. The number of amides is 3. The first-order valence-electron chi connectivity index (χ1n) is 9.25. The molecule has 2 N–H and O–H groups in total. The average Bonchev–Trinajstić information content (AvgIpc) is 2.65. The molecule has 7 heteroatoms. The number of carbonyl (C=O) groups is 3. The molecule has 3 amide bonds. The molecule has 0 fully saturated rings. The monoisotopic (exact) mass is 398 g/mol. The third-order valence-electron chi connectivity index (χ3n) is 3.70. The standard InChI is InChI=1S/C22H26N2O5/c1-15(19(25)23-21(27)24-22(2,3)4)29-20(26)17-11-8-12-18(13-17)28-14-16-9-6-5-7-10-16/h5-13,15H,14H2,1-4H3,(H2,23,24,25,27)/t15-/m1/s1. The molecule has 1 atom stereocenters. The van der Waals surface area contributed by atoms with Gasteiger partial charge in [0, 0.05) is 5.54 Å². The number of carbonyl (C=O) groups excluding carboxylic acids is 3. The summed E-state index contributed by atoms with van der Waals surface area (Å²) in [7, 11) is 0. The Labute approximate surface area is 170 Å². The van der Waals surface area contributed by atoms with E-state index in [1.165, 1.54) is 6.92 Å². The Morgan fingerprint density at radius 2 is 1.69 bits per heavy atom. The first kappa shape index (κ1) is 21.9. The minimum Gasteiger partial charge on any atom is -0.489 e. The van der Waals surface area contributed by atoms with Gasteiger partial charge < -0.3 is 14.8 Å². The molecule has 0 aromatic heterocycles. The Morgan fingerprint density at radius 3 is 2.34 bits per heavy atom. The van der Waals surface area contributed by atoms with E-state index in [9.17, 15) is 14.4 Å². The van der Waals surface area contributed by atoms with Gasteiger partial charge in [-0.1, -0.05) is 36.4 Å². The lowest BCUT2D eigenvalue weighted by atomic mass is 10.1. The molecule has 0 saturated carbocycles. The van der Waals surface area contributed by atoms with Crippen molar-refractivity contribution in [3.8, 4) is 5.75 Å². The highest BCUT2D eigenvalue weighted by atomic mass is 16.5. The summed E-state index contributed by atoms with van der Waals surface area (Å²) in [6.45, 7) is 7.11. The molecule has 0 aliphatic rings. The quantitative estimate of drug-likeness (QED) is 0.727. The van der Waals surface area contributed by atoms with Gasteiger partial charge in [-0.25, -0.2) is 9.59 Å². The number of hydrogen-bond donors (Lipinski definition) is 2. The van der Waals surface area contributed by atoms with Crippen LogP contribution in [0.4, 0.5) is 4.79 Å². The van der Waals surface area contributed by atoms with Crippen molar-refractivity contribution in [3.63, 3.8) is 0 Å². The Bertz CT molecular complexity index is 859. The maximum absolute atomic E-state index is 12.3. The second kappa shape index (κ2) is 9.73. The number of imide groups is 1. The summed E-state index contributed by atoms with van der Waals surface area (Å²) in [4.78, 5) is 36.2. The number of rotatable bonds is 6. The minimum atomic E-state index is -1.14. The summed E-state index contributed by atoms with van der Waals surface area (Å²) < 4.78 is 10.9. The van der Waals surface area contributed by atoms with Crippen LogP contribution in [-0.4, -0.2) is 29.6 Å². The zero-order chi connectivity index (χ0) is 21.4. The van der Waals surface area contributed by atoms with Crippen LogP contribution >= 0.6 is 0 Å². The Hall–Kier alpha value is -3.35. The molecule has 0 saturated heterocycles. The van der Waals surface area contributed by atoms with Gasteiger partial charge in [-0.05, 0) is 51.5 Å². The first-order valence-corrected chi connectivity index (χ1v) is 9.25. The van der Waals surface area contributed by atoms with Crippen molar-refractivity contribution in [3.05, 3.63) is 65.7 Å². The van der Waals surface area contributed by atoms with E-state index in [0.717, 1.165) is 5.56 Å². The van der Waals surface area contributed by atoms with Crippen LogP contribution < -0.4 is 15.4 Å².